The third-order valence-electron chi connectivity index (χ3n) is 4.64. The molecule has 2 N–H and O–H groups in total. The number of amides is 1. The van der Waals surface area contributed by atoms with Crippen molar-refractivity contribution in [2.75, 3.05) is 6.54 Å². The van der Waals surface area contributed by atoms with Crippen LogP contribution in [0.25, 0.3) is 22.5 Å². The molecule has 0 aliphatic carbocycles. The maximum absolute atomic E-state index is 10.4. The van der Waals surface area contributed by atoms with Crippen LogP contribution in [-0.4, -0.2) is 27.9 Å². The summed E-state index contributed by atoms with van der Waals surface area (Å²) in [4.78, 5) is 22.8. The molecule has 0 spiro atoms. The highest BCUT2D eigenvalue weighted by atomic mass is 16.1. The number of pyridine rings is 2. The lowest BCUT2D eigenvalue weighted by Gasteiger charge is -2.05. The van der Waals surface area contributed by atoms with Crippen molar-refractivity contribution in [1.29, 1.82) is 5.26 Å². The van der Waals surface area contributed by atoms with Gasteiger partial charge in [-0.2, -0.15) is 5.26 Å². The van der Waals surface area contributed by atoms with Gasteiger partial charge in [0.25, 0.3) is 0 Å². The Kier molecular flexibility index (Phi) is 6.53. The summed E-state index contributed by atoms with van der Waals surface area (Å²) in [5.41, 5.74) is 7.19. The SMILES string of the molecule is Cc1cc(-c2ccnc(-c3ccc(CCCC#N)nc3)c2)[nH]c1CCNC=O. The first-order chi connectivity index (χ1) is 13.7. The molecule has 0 saturated heterocycles. The van der Waals surface area contributed by atoms with Crippen molar-refractivity contribution in [3.8, 4) is 28.6 Å². The average molecular weight is 373 g/mol. The van der Waals surface area contributed by atoms with Crippen LogP contribution in [0.5, 0.6) is 0 Å². The molecule has 3 heterocycles. The molecule has 142 valence electrons. The van der Waals surface area contributed by atoms with E-state index < -0.39 is 0 Å². The van der Waals surface area contributed by atoms with Gasteiger partial charge in [-0.25, -0.2) is 0 Å². The van der Waals surface area contributed by atoms with E-state index in [2.05, 4.69) is 39.3 Å². The standard InChI is InChI=1S/C22H23N5O/c1-16-12-22(27-20(16)8-10-24-15-28)17-7-11-25-21(13-17)18-5-6-19(26-14-18)4-2-3-9-23/h5-7,11-15,27H,2-4,8,10H2,1H3,(H,24,28). The monoisotopic (exact) mass is 373 g/mol. The molecule has 3 aromatic rings. The maximum Gasteiger partial charge on any atom is 0.207 e. The molecule has 0 unspecified atom stereocenters. The smallest absolute Gasteiger partial charge is 0.207 e. The van der Waals surface area contributed by atoms with Crippen molar-refractivity contribution in [3.05, 3.63) is 59.7 Å². The number of aromatic amines is 1. The van der Waals surface area contributed by atoms with Crippen LogP contribution >= 0.6 is 0 Å². The molecule has 0 saturated carbocycles. The van der Waals surface area contributed by atoms with Gasteiger partial charge in [0, 0.05) is 60.0 Å². The van der Waals surface area contributed by atoms with E-state index in [0.717, 1.165) is 59.6 Å². The molecule has 0 atom stereocenters. The molecule has 1 amide bonds. The molecular weight excluding hydrogens is 350 g/mol. The van der Waals surface area contributed by atoms with E-state index in [4.69, 9.17) is 5.26 Å². The number of aryl methyl sites for hydroxylation is 2. The normalized spacial score (nSPS) is 10.4. The number of nitrogens with one attached hydrogen (secondary N) is 2. The first-order valence-corrected chi connectivity index (χ1v) is 9.35. The van der Waals surface area contributed by atoms with Crippen molar-refractivity contribution in [1.82, 2.24) is 20.3 Å². The highest BCUT2D eigenvalue weighted by Gasteiger charge is 2.09. The van der Waals surface area contributed by atoms with E-state index in [1.165, 1.54) is 5.56 Å². The van der Waals surface area contributed by atoms with Gasteiger partial charge in [-0.15, -0.1) is 0 Å². The minimum absolute atomic E-state index is 0.551. The van der Waals surface area contributed by atoms with Crippen LogP contribution in [0.15, 0.2) is 42.7 Å². The Balaban J connectivity index is 1.76. The summed E-state index contributed by atoms with van der Waals surface area (Å²) in [6.45, 7) is 2.67. The number of aromatic nitrogens is 3. The molecule has 0 aliphatic rings. The lowest BCUT2D eigenvalue weighted by molar-refractivity contribution is -0.109. The molecule has 0 aliphatic heterocycles. The van der Waals surface area contributed by atoms with Gasteiger partial charge < -0.3 is 10.3 Å². The fraction of sp³-hybridized carbons (Fsp3) is 0.273. The van der Waals surface area contributed by atoms with Crippen LogP contribution in [0.3, 0.4) is 0 Å². The summed E-state index contributed by atoms with van der Waals surface area (Å²) in [5.74, 6) is 0. The average Bonchev–Trinajstić information content (AvgIpc) is 3.10. The van der Waals surface area contributed by atoms with Gasteiger partial charge in [-0.1, -0.05) is 0 Å². The zero-order valence-corrected chi connectivity index (χ0v) is 15.9. The summed E-state index contributed by atoms with van der Waals surface area (Å²) < 4.78 is 0. The second-order valence-electron chi connectivity index (χ2n) is 6.65. The third kappa shape index (κ3) is 4.83. The van der Waals surface area contributed by atoms with Crippen LogP contribution in [0.1, 0.15) is 29.8 Å². The fourth-order valence-corrected chi connectivity index (χ4v) is 3.10. The lowest BCUT2D eigenvalue weighted by atomic mass is 10.1. The zero-order valence-electron chi connectivity index (χ0n) is 15.9. The number of carbonyl (C=O) groups is 1. The molecule has 6 heteroatoms. The van der Waals surface area contributed by atoms with Gasteiger partial charge >= 0.3 is 0 Å². The van der Waals surface area contributed by atoms with E-state index in [0.29, 0.717) is 13.0 Å². The van der Waals surface area contributed by atoms with Crippen molar-refractivity contribution in [3.63, 3.8) is 0 Å². The summed E-state index contributed by atoms with van der Waals surface area (Å²) in [5, 5.41) is 11.3. The predicted octanol–water partition coefficient (Wildman–Crippen LogP) is 3.58. The topological polar surface area (TPSA) is 94.5 Å². The summed E-state index contributed by atoms with van der Waals surface area (Å²) in [6.07, 6.45) is 7.31. The van der Waals surface area contributed by atoms with Crippen LogP contribution in [0.2, 0.25) is 0 Å². The quantitative estimate of drug-likeness (QED) is 0.443. The van der Waals surface area contributed by atoms with Crippen molar-refractivity contribution >= 4 is 6.41 Å². The summed E-state index contributed by atoms with van der Waals surface area (Å²) >= 11 is 0. The van der Waals surface area contributed by atoms with Gasteiger partial charge in [-0.05, 0) is 55.7 Å². The first kappa shape index (κ1) is 19.3. The number of nitriles is 1. The molecule has 0 fully saturated rings. The Morgan fingerprint density at radius 1 is 1.18 bits per heavy atom. The zero-order chi connectivity index (χ0) is 19.8. The second kappa shape index (κ2) is 9.47. The maximum atomic E-state index is 10.4. The molecule has 3 rings (SSSR count). The van der Waals surface area contributed by atoms with E-state index in [1.807, 2.05) is 30.5 Å². The predicted molar refractivity (Wildman–Crippen MR) is 108 cm³/mol. The molecule has 0 aromatic carbocycles. The van der Waals surface area contributed by atoms with Crippen LogP contribution in [0.4, 0.5) is 0 Å². The van der Waals surface area contributed by atoms with E-state index in [1.54, 1.807) is 6.20 Å². The number of unbranched alkanes of at least 4 members (excludes halogenated alkanes) is 1. The number of hydrogen-bond acceptors (Lipinski definition) is 4. The Labute approximate surface area is 164 Å². The number of rotatable bonds is 9. The van der Waals surface area contributed by atoms with E-state index in [-0.39, 0.29) is 0 Å². The van der Waals surface area contributed by atoms with Crippen LogP contribution in [0, 0.1) is 18.3 Å². The number of nitrogens with zero attached hydrogens (tertiary/aromatic N) is 3. The number of H-pyrrole nitrogens is 1. The number of carbonyl (C=O) groups excluding carboxylic acids is 1. The largest absolute Gasteiger partial charge is 0.358 e. The van der Waals surface area contributed by atoms with Crippen molar-refractivity contribution < 1.29 is 4.79 Å². The molecular formula is C22H23N5O. The van der Waals surface area contributed by atoms with Crippen molar-refractivity contribution in [2.45, 2.75) is 32.6 Å². The minimum atomic E-state index is 0.551. The van der Waals surface area contributed by atoms with Gasteiger partial charge in [0.15, 0.2) is 0 Å². The molecule has 3 aromatic heterocycles. The highest BCUT2D eigenvalue weighted by molar-refractivity contribution is 5.68. The Morgan fingerprint density at radius 2 is 2.07 bits per heavy atom. The van der Waals surface area contributed by atoms with Gasteiger partial charge in [0.1, 0.15) is 0 Å². The Bertz CT molecular complexity index is 969. The van der Waals surface area contributed by atoms with Gasteiger partial charge in [-0.3, -0.25) is 14.8 Å². The molecule has 0 bridgehead atoms. The number of hydrogen-bond donors (Lipinski definition) is 2. The van der Waals surface area contributed by atoms with E-state index >= 15 is 0 Å². The first-order valence-electron chi connectivity index (χ1n) is 9.35. The Morgan fingerprint density at radius 3 is 2.82 bits per heavy atom. The molecule has 28 heavy (non-hydrogen) atoms. The fourth-order valence-electron chi connectivity index (χ4n) is 3.10. The van der Waals surface area contributed by atoms with Crippen molar-refractivity contribution in [2.24, 2.45) is 0 Å². The summed E-state index contributed by atoms with van der Waals surface area (Å²) in [6, 6.07) is 12.3. The minimum Gasteiger partial charge on any atom is -0.358 e. The highest BCUT2D eigenvalue weighted by Crippen LogP contribution is 2.25. The van der Waals surface area contributed by atoms with Gasteiger partial charge in [0.05, 0.1) is 11.8 Å². The second-order valence-corrected chi connectivity index (χ2v) is 6.65. The van der Waals surface area contributed by atoms with Crippen LogP contribution < -0.4 is 5.32 Å². The summed E-state index contributed by atoms with van der Waals surface area (Å²) in [7, 11) is 0. The van der Waals surface area contributed by atoms with Gasteiger partial charge in [0.2, 0.25) is 6.41 Å². The molecule has 0 radical (unpaired) electrons. The lowest BCUT2D eigenvalue weighted by Crippen LogP contribution is -2.14. The third-order valence-corrected chi connectivity index (χ3v) is 4.64. The van der Waals surface area contributed by atoms with Crippen LogP contribution in [-0.2, 0) is 17.6 Å². The Hall–Kier alpha value is -3.46. The van der Waals surface area contributed by atoms with E-state index in [9.17, 15) is 4.79 Å². The molecule has 6 nitrogen and oxygen atoms in total.